The molecule has 0 bridgehead atoms. The molecular weight excluding hydrogens is 434 g/mol. The molecule has 1 fully saturated rings. The molecule has 1 aliphatic rings. The van der Waals surface area contributed by atoms with E-state index in [0.29, 0.717) is 40.4 Å². The summed E-state index contributed by atoms with van der Waals surface area (Å²) in [5.74, 6) is 0.929. The highest BCUT2D eigenvalue weighted by molar-refractivity contribution is 6.30. The highest BCUT2D eigenvalue weighted by Gasteiger charge is 2.37. The van der Waals surface area contributed by atoms with Crippen LogP contribution >= 0.6 is 11.6 Å². The number of nitrogens with zero attached hydrogens (tertiary/aromatic N) is 3. The largest absolute Gasteiger partial charge is 0.332 e. The summed E-state index contributed by atoms with van der Waals surface area (Å²) in [6.45, 7) is 4.94. The van der Waals surface area contributed by atoms with Crippen molar-refractivity contribution in [2.45, 2.75) is 64.8 Å². The van der Waals surface area contributed by atoms with E-state index >= 15 is 0 Å². The maximum Gasteiger partial charge on any atom is 0.266 e. The predicted octanol–water partition coefficient (Wildman–Crippen LogP) is 6.31. The first-order chi connectivity index (χ1) is 16.0. The van der Waals surface area contributed by atoms with Gasteiger partial charge in [0.1, 0.15) is 5.82 Å². The van der Waals surface area contributed by atoms with Crippen LogP contribution in [0.2, 0.25) is 5.02 Å². The SMILES string of the molecule is CCCCCCN(C(=O)C1CC1)C(CC)c1nc2ccccc2c(=O)n1-c1ccc(Cl)cc1. The Labute approximate surface area is 200 Å². The van der Waals surface area contributed by atoms with E-state index in [0.717, 1.165) is 38.5 Å². The van der Waals surface area contributed by atoms with Crippen LogP contribution in [-0.2, 0) is 4.79 Å². The molecule has 2 aromatic carbocycles. The van der Waals surface area contributed by atoms with Crippen molar-refractivity contribution in [3.63, 3.8) is 0 Å². The van der Waals surface area contributed by atoms with Crippen LogP contribution < -0.4 is 5.56 Å². The van der Waals surface area contributed by atoms with Crippen LogP contribution in [0.15, 0.2) is 53.3 Å². The lowest BCUT2D eigenvalue weighted by atomic mass is 10.1. The van der Waals surface area contributed by atoms with E-state index in [-0.39, 0.29) is 23.4 Å². The number of unbranched alkanes of at least 4 members (excludes halogenated alkanes) is 3. The van der Waals surface area contributed by atoms with Crippen molar-refractivity contribution in [2.24, 2.45) is 5.92 Å². The first-order valence-electron chi connectivity index (χ1n) is 12.1. The Bertz CT molecular complexity index is 1170. The van der Waals surface area contributed by atoms with Gasteiger partial charge in [-0.2, -0.15) is 0 Å². The minimum absolute atomic E-state index is 0.112. The first kappa shape index (κ1) is 23.5. The molecule has 4 rings (SSSR count). The summed E-state index contributed by atoms with van der Waals surface area (Å²) in [6, 6.07) is 14.4. The lowest BCUT2D eigenvalue weighted by Crippen LogP contribution is -2.40. The van der Waals surface area contributed by atoms with Gasteiger partial charge in [-0.3, -0.25) is 14.2 Å². The van der Waals surface area contributed by atoms with Crippen LogP contribution in [0.5, 0.6) is 0 Å². The molecule has 1 heterocycles. The van der Waals surface area contributed by atoms with Crippen LogP contribution in [0.4, 0.5) is 0 Å². The van der Waals surface area contributed by atoms with Gasteiger partial charge in [0.05, 0.1) is 22.6 Å². The van der Waals surface area contributed by atoms with Crippen molar-refractivity contribution < 1.29 is 4.79 Å². The average Bonchev–Trinajstić information content (AvgIpc) is 3.67. The first-order valence-corrected chi connectivity index (χ1v) is 12.5. The minimum Gasteiger partial charge on any atom is -0.332 e. The fourth-order valence-electron chi connectivity index (χ4n) is 4.45. The van der Waals surface area contributed by atoms with Gasteiger partial charge >= 0.3 is 0 Å². The fraction of sp³-hybridized carbons (Fsp3) is 0.444. The molecule has 6 heteroatoms. The van der Waals surface area contributed by atoms with Crippen LogP contribution in [-0.4, -0.2) is 26.9 Å². The highest BCUT2D eigenvalue weighted by Crippen LogP contribution is 2.35. The summed E-state index contributed by atoms with van der Waals surface area (Å²) in [5, 5.41) is 1.17. The zero-order valence-corrected chi connectivity index (χ0v) is 20.2. The second-order valence-corrected chi connectivity index (χ2v) is 9.33. The zero-order chi connectivity index (χ0) is 23.4. The van der Waals surface area contributed by atoms with Crippen molar-refractivity contribution in [3.05, 3.63) is 69.7 Å². The normalized spacial score (nSPS) is 14.4. The van der Waals surface area contributed by atoms with E-state index in [1.807, 2.05) is 35.2 Å². The summed E-state index contributed by atoms with van der Waals surface area (Å²) in [7, 11) is 0. The summed E-state index contributed by atoms with van der Waals surface area (Å²) in [6.07, 6.45) is 6.95. The molecule has 0 radical (unpaired) electrons. The number of carbonyl (C=O) groups excluding carboxylic acids is 1. The van der Waals surface area contributed by atoms with Crippen LogP contribution in [0, 0.1) is 5.92 Å². The number of halogens is 1. The van der Waals surface area contributed by atoms with Gasteiger partial charge in [-0.25, -0.2) is 4.98 Å². The molecule has 1 aromatic heterocycles. The molecule has 1 amide bonds. The average molecular weight is 466 g/mol. The molecule has 0 aliphatic heterocycles. The number of fused-ring (bicyclic) bond motifs is 1. The van der Waals surface area contributed by atoms with Crippen LogP contribution in [0.1, 0.15) is 70.7 Å². The monoisotopic (exact) mass is 465 g/mol. The number of hydrogen-bond donors (Lipinski definition) is 0. The number of amides is 1. The molecule has 1 atom stereocenters. The Morgan fingerprint density at radius 2 is 1.82 bits per heavy atom. The fourth-order valence-corrected chi connectivity index (χ4v) is 4.57. The smallest absolute Gasteiger partial charge is 0.266 e. The predicted molar refractivity (Wildman–Crippen MR) is 134 cm³/mol. The van der Waals surface area contributed by atoms with E-state index in [1.54, 1.807) is 22.8 Å². The topological polar surface area (TPSA) is 55.2 Å². The number of hydrogen-bond acceptors (Lipinski definition) is 3. The molecule has 3 aromatic rings. The Hall–Kier alpha value is -2.66. The quantitative estimate of drug-likeness (QED) is 0.330. The summed E-state index contributed by atoms with van der Waals surface area (Å²) >= 11 is 6.12. The lowest BCUT2D eigenvalue weighted by molar-refractivity contribution is -0.135. The molecule has 33 heavy (non-hydrogen) atoms. The third kappa shape index (κ3) is 5.14. The van der Waals surface area contributed by atoms with Gasteiger partial charge in [-0.15, -0.1) is 0 Å². The van der Waals surface area contributed by atoms with Gasteiger partial charge in [0, 0.05) is 17.5 Å². The summed E-state index contributed by atoms with van der Waals surface area (Å²) < 4.78 is 1.67. The summed E-state index contributed by atoms with van der Waals surface area (Å²) in [4.78, 5) is 34.0. The van der Waals surface area contributed by atoms with Crippen molar-refractivity contribution in [2.75, 3.05) is 6.54 Å². The van der Waals surface area contributed by atoms with Crippen molar-refractivity contribution in [1.82, 2.24) is 14.5 Å². The van der Waals surface area contributed by atoms with Gasteiger partial charge in [-0.1, -0.05) is 56.8 Å². The van der Waals surface area contributed by atoms with Crippen molar-refractivity contribution in [1.29, 1.82) is 0 Å². The van der Waals surface area contributed by atoms with E-state index in [4.69, 9.17) is 16.6 Å². The molecule has 1 aliphatic carbocycles. The Balaban J connectivity index is 1.85. The molecule has 0 N–H and O–H groups in total. The molecule has 5 nitrogen and oxygen atoms in total. The molecule has 1 saturated carbocycles. The third-order valence-electron chi connectivity index (χ3n) is 6.41. The Morgan fingerprint density at radius 1 is 1.09 bits per heavy atom. The molecule has 174 valence electrons. The van der Waals surface area contributed by atoms with E-state index < -0.39 is 0 Å². The molecular formula is C27H32ClN3O2. The van der Waals surface area contributed by atoms with Gasteiger partial charge in [-0.05, 0) is 62.1 Å². The number of aromatic nitrogens is 2. The van der Waals surface area contributed by atoms with Gasteiger partial charge in [0.25, 0.3) is 5.56 Å². The highest BCUT2D eigenvalue weighted by atomic mass is 35.5. The molecule has 0 spiro atoms. The van der Waals surface area contributed by atoms with Crippen LogP contribution in [0.3, 0.4) is 0 Å². The Kier molecular flexibility index (Phi) is 7.49. The summed E-state index contributed by atoms with van der Waals surface area (Å²) in [5.41, 5.74) is 1.24. The van der Waals surface area contributed by atoms with Gasteiger partial charge in [0.2, 0.25) is 5.91 Å². The molecule has 1 unspecified atom stereocenters. The Morgan fingerprint density at radius 3 is 2.48 bits per heavy atom. The maximum atomic E-state index is 13.7. The van der Waals surface area contributed by atoms with E-state index in [1.165, 1.54) is 0 Å². The number of para-hydroxylation sites is 1. The lowest BCUT2D eigenvalue weighted by Gasteiger charge is -2.32. The number of benzene rings is 2. The second-order valence-electron chi connectivity index (χ2n) is 8.89. The van der Waals surface area contributed by atoms with Crippen molar-refractivity contribution >= 4 is 28.4 Å². The second kappa shape index (κ2) is 10.5. The molecule has 0 saturated heterocycles. The minimum atomic E-state index is -0.271. The number of carbonyl (C=O) groups is 1. The third-order valence-corrected chi connectivity index (χ3v) is 6.66. The van der Waals surface area contributed by atoms with Crippen LogP contribution in [0.25, 0.3) is 16.6 Å². The standard InChI is InChI=1S/C27H32ClN3O2/c1-3-5-6-9-18-30(26(32)19-12-13-19)24(4-2)25-29-23-11-8-7-10-22(23)27(33)31(25)21-16-14-20(28)15-17-21/h7-8,10-11,14-17,19,24H,3-6,9,12-13,18H2,1-2H3. The number of rotatable bonds is 10. The van der Waals surface area contributed by atoms with E-state index in [2.05, 4.69) is 13.8 Å². The van der Waals surface area contributed by atoms with E-state index in [9.17, 15) is 9.59 Å². The van der Waals surface area contributed by atoms with Gasteiger partial charge < -0.3 is 4.90 Å². The van der Waals surface area contributed by atoms with Crippen molar-refractivity contribution in [3.8, 4) is 5.69 Å². The maximum absolute atomic E-state index is 13.7. The van der Waals surface area contributed by atoms with Gasteiger partial charge in [0.15, 0.2) is 0 Å². The zero-order valence-electron chi connectivity index (χ0n) is 19.5.